The number of alkyl halides is 3. The largest absolute Gasteiger partial charge is 0.495 e. The summed E-state index contributed by atoms with van der Waals surface area (Å²) in [7, 11) is 1.30. The molecular weight excluding hydrogens is 610 g/mol. The van der Waals surface area contributed by atoms with Gasteiger partial charge in [0.15, 0.2) is 6.61 Å². The third-order valence-electron chi connectivity index (χ3n) is 7.39. The van der Waals surface area contributed by atoms with Crippen molar-refractivity contribution in [2.45, 2.75) is 62.9 Å². The van der Waals surface area contributed by atoms with Gasteiger partial charge in [0.25, 0.3) is 11.5 Å². The average molecular weight is 642 g/mol. The summed E-state index contributed by atoms with van der Waals surface area (Å²) in [6, 6.07) is 3.91. The highest BCUT2D eigenvalue weighted by molar-refractivity contribution is 6.31. The van der Waals surface area contributed by atoms with Gasteiger partial charge in [-0.15, -0.1) is 0 Å². The summed E-state index contributed by atoms with van der Waals surface area (Å²) in [5, 5.41) is 2.95. The molecule has 1 aromatic heterocycles. The van der Waals surface area contributed by atoms with Gasteiger partial charge in [0.05, 0.1) is 30.5 Å². The number of ether oxygens (including phenoxy) is 3. The second kappa shape index (κ2) is 13.4. The summed E-state index contributed by atoms with van der Waals surface area (Å²) in [6.07, 6.45) is 1.07. The molecule has 4 rings (SSSR count). The monoisotopic (exact) mass is 641 g/mol. The van der Waals surface area contributed by atoms with Crippen molar-refractivity contribution in [2.24, 2.45) is 5.73 Å². The molecule has 2 heterocycles. The lowest BCUT2D eigenvalue weighted by atomic mass is 9.88. The van der Waals surface area contributed by atoms with E-state index in [9.17, 15) is 31.9 Å². The van der Waals surface area contributed by atoms with Crippen molar-refractivity contribution in [1.29, 1.82) is 0 Å². The van der Waals surface area contributed by atoms with Crippen LogP contribution in [-0.4, -0.2) is 54.5 Å². The predicted molar refractivity (Wildman–Crippen MR) is 154 cm³/mol. The Morgan fingerprint density at radius 2 is 1.95 bits per heavy atom. The number of amides is 2. The maximum atomic E-state index is 14.7. The van der Waals surface area contributed by atoms with E-state index < -0.39 is 47.6 Å². The maximum Gasteiger partial charge on any atom is 0.422 e. The molecule has 0 saturated carbocycles. The van der Waals surface area contributed by atoms with Crippen LogP contribution < -0.4 is 26.1 Å². The molecule has 3 N–H and O–H groups in total. The van der Waals surface area contributed by atoms with Crippen LogP contribution in [0.3, 0.4) is 0 Å². The molecule has 1 aromatic carbocycles. The van der Waals surface area contributed by atoms with Crippen molar-refractivity contribution in [3.8, 4) is 22.6 Å². The second-order valence-electron chi connectivity index (χ2n) is 10.9. The average Bonchev–Trinajstić information content (AvgIpc) is 2.95. The van der Waals surface area contributed by atoms with Crippen molar-refractivity contribution in [3.05, 3.63) is 69.4 Å². The van der Waals surface area contributed by atoms with Crippen LogP contribution in [0.2, 0.25) is 5.02 Å². The molecule has 1 saturated heterocycles. The minimum absolute atomic E-state index is 0.0509. The predicted octanol–water partition coefficient (Wildman–Crippen LogP) is 5.16. The molecule has 1 aliphatic heterocycles. The Kier molecular flexibility index (Phi) is 10.1. The van der Waals surface area contributed by atoms with Gasteiger partial charge in [-0.3, -0.25) is 19.0 Å². The number of pyridine rings is 1. The maximum absolute atomic E-state index is 14.7. The second-order valence-corrected chi connectivity index (χ2v) is 11.3. The number of halogens is 5. The third kappa shape index (κ3) is 8.00. The quantitative estimate of drug-likeness (QED) is 0.346. The first-order valence-electron chi connectivity index (χ1n) is 13.8. The number of nitrogens with zero attached hydrogens (tertiary/aromatic N) is 1. The zero-order valence-corrected chi connectivity index (χ0v) is 24.8. The first-order chi connectivity index (χ1) is 20.7. The molecule has 44 heavy (non-hydrogen) atoms. The molecular formula is C30H32ClF4N3O6. The van der Waals surface area contributed by atoms with E-state index in [0.717, 1.165) is 23.5 Å². The Bertz CT molecular complexity index is 1530. The van der Waals surface area contributed by atoms with Crippen LogP contribution in [0.25, 0.3) is 11.1 Å². The van der Waals surface area contributed by atoms with Gasteiger partial charge in [-0.1, -0.05) is 17.7 Å². The summed E-state index contributed by atoms with van der Waals surface area (Å²) in [4.78, 5) is 39.0. The molecule has 0 bridgehead atoms. The van der Waals surface area contributed by atoms with Gasteiger partial charge in [0, 0.05) is 41.7 Å². The number of nitrogens with one attached hydrogen (secondary N) is 1. The number of carbonyl (C=O) groups excluding carboxylic acids is 2. The van der Waals surface area contributed by atoms with Crippen molar-refractivity contribution in [2.75, 3.05) is 20.3 Å². The van der Waals surface area contributed by atoms with Crippen LogP contribution in [0.4, 0.5) is 17.6 Å². The Morgan fingerprint density at radius 3 is 2.57 bits per heavy atom. The fourth-order valence-electron chi connectivity index (χ4n) is 5.23. The number of aromatic nitrogens is 1. The van der Waals surface area contributed by atoms with E-state index in [1.807, 2.05) is 0 Å². The van der Waals surface area contributed by atoms with E-state index in [0.29, 0.717) is 13.0 Å². The smallest absolute Gasteiger partial charge is 0.422 e. The van der Waals surface area contributed by atoms with Gasteiger partial charge < -0.3 is 25.3 Å². The highest BCUT2D eigenvalue weighted by Crippen LogP contribution is 2.39. The van der Waals surface area contributed by atoms with Gasteiger partial charge in [-0.2, -0.15) is 13.2 Å². The molecule has 2 aromatic rings. The summed E-state index contributed by atoms with van der Waals surface area (Å²) >= 11 is 6.14. The number of rotatable bonds is 10. The molecule has 1 fully saturated rings. The van der Waals surface area contributed by atoms with Gasteiger partial charge in [0.1, 0.15) is 23.4 Å². The van der Waals surface area contributed by atoms with E-state index in [1.54, 1.807) is 6.92 Å². The van der Waals surface area contributed by atoms with Crippen molar-refractivity contribution < 1.29 is 41.4 Å². The number of methoxy groups -OCH3 is 1. The number of benzene rings is 1. The fraction of sp³-hybridized carbons (Fsp3) is 0.433. The zero-order chi connectivity index (χ0) is 32.2. The SMILES string of the molecule is COc1cn(C(C[C@H]2CCCCO2)C(=O)NC2(C)C=CC(C(N)=O)=C(F)C2)c(=O)cc1-c1cc(Cl)ccc1OCC(F)(F)F. The summed E-state index contributed by atoms with van der Waals surface area (Å²) in [5.41, 5.74) is 3.18. The number of hydrogen-bond acceptors (Lipinski definition) is 6. The van der Waals surface area contributed by atoms with E-state index in [4.69, 9.17) is 31.5 Å². The van der Waals surface area contributed by atoms with Crippen LogP contribution in [0.1, 0.15) is 45.1 Å². The molecule has 14 heteroatoms. The molecule has 0 spiro atoms. The normalized spacial score (nSPS) is 21.1. The topological polar surface area (TPSA) is 122 Å². The summed E-state index contributed by atoms with van der Waals surface area (Å²) in [5.74, 6) is -2.49. The summed E-state index contributed by atoms with van der Waals surface area (Å²) < 4.78 is 71.0. The van der Waals surface area contributed by atoms with Gasteiger partial charge in [-0.25, -0.2) is 4.39 Å². The van der Waals surface area contributed by atoms with E-state index >= 15 is 0 Å². The minimum Gasteiger partial charge on any atom is -0.495 e. The number of hydrogen-bond donors (Lipinski definition) is 2. The first-order valence-corrected chi connectivity index (χ1v) is 14.2. The van der Waals surface area contributed by atoms with Gasteiger partial charge in [0.2, 0.25) is 5.91 Å². The molecule has 0 radical (unpaired) electrons. The first kappa shape index (κ1) is 33.1. The fourth-order valence-corrected chi connectivity index (χ4v) is 5.41. The molecule has 238 valence electrons. The molecule has 2 aliphatic rings. The van der Waals surface area contributed by atoms with Crippen LogP contribution in [0, 0.1) is 0 Å². The Hall–Kier alpha value is -3.84. The van der Waals surface area contributed by atoms with Crippen LogP contribution in [0.5, 0.6) is 11.5 Å². The minimum atomic E-state index is -4.61. The van der Waals surface area contributed by atoms with E-state index in [1.165, 1.54) is 43.7 Å². The van der Waals surface area contributed by atoms with Crippen molar-refractivity contribution in [1.82, 2.24) is 9.88 Å². The molecule has 1 aliphatic carbocycles. The lowest BCUT2D eigenvalue weighted by molar-refractivity contribution is -0.153. The molecule has 2 amide bonds. The standard InChI is InChI=1S/C30H32ClF4N3O6/c1-29(9-8-19(27(36)40)22(32)14-29)37-28(41)23(12-18-5-3-4-10-43-18)38-15-25(42-2)21(13-26(38)39)20-11-17(31)6-7-24(20)44-16-30(33,34)35/h6-9,11,13,15,18,23H,3-5,10,12,14,16H2,1-2H3,(H2,36,40)(H,37,41)/t18-,23?,29?/m1/s1. The molecule has 2 unspecified atom stereocenters. The van der Waals surface area contributed by atoms with Gasteiger partial charge in [-0.05, 0) is 50.5 Å². The van der Waals surface area contributed by atoms with E-state index in [-0.39, 0.29) is 52.2 Å². The van der Waals surface area contributed by atoms with Crippen LogP contribution in [-0.2, 0) is 14.3 Å². The van der Waals surface area contributed by atoms with Crippen LogP contribution in [0.15, 0.2) is 58.8 Å². The molecule has 9 nitrogen and oxygen atoms in total. The lowest BCUT2D eigenvalue weighted by Gasteiger charge is -2.33. The highest BCUT2D eigenvalue weighted by Gasteiger charge is 2.36. The van der Waals surface area contributed by atoms with Crippen molar-refractivity contribution in [3.63, 3.8) is 0 Å². The Morgan fingerprint density at radius 1 is 1.23 bits per heavy atom. The van der Waals surface area contributed by atoms with E-state index in [2.05, 4.69) is 5.32 Å². The third-order valence-corrected chi connectivity index (χ3v) is 7.63. The Labute approximate surface area is 255 Å². The highest BCUT2D eigenvalue weighted by atomic mass is 35.5. The lowest BCUT2D eigenvalue weighted by Crippen LogP contribution is -2.50. The Balaban J connectivity index is 1.73. The summed E-state index contributed by atoms with van der Waals surface area (Å²) in [6.45, 7) is 0.466. The number of primary amides is 1. The van der Waals surface area contributed by atoms with Crippen molar-refractivity contribution >= 4 is 23.4 Å². The number of carbonyl (C=O) groups is 2. The molecule has 3 atom stereocenters. The number of nitrogens with two attached hydrogens (primary N) is 1. The van der Waals surface area contributed by atoms with Crippen LogP contribution >= 0.6 is 11.6 Å². The zero-order valence-electron chi connectivity index (χ0n) is 24.0. The van der Waals surface area contributed by atoms with Gasteiger partial charge >= 0.3 is 6.18 Å².